The Hall–Kier alpha value is -2.79. The Kier molecular flexibility index (Phi) is 4.88. The molecule has 0 aliphatic carbocycles. The first-order valence-electron chi connectivity index (χ1n) is 9.11. The number of rotatable bonds is 4. The molecule has 0 saturated carbocycles. The van der Waals surface area contributed by atoms with Crippen molar-refractivity contribution in [3.8, 4) is 11.3 Å². The third kappa shape index (κ3) is 3.73. The SMILES string of the molecule is CN1CCCC[C@H]1c1nc(Nc2ccccc2)cc(-c2cccnc2)n1. The highest BCUT2D eigenvalue weighted by molar-refractivity contribution is 5.65. The topological polar surface area (TPSA) is 53.9 Å². The fourth-order valence-corrected chi connectivity index (χ4v) is 3.41. The van der Waals surface area contributed by atoms with Gasteiger partial charge in [0.15, 0.2) is 0 Å². The molecule has 1 aliphatic heterocycles. The number of hydrogen-bond donors (Lipinski definition) is 1. The second-order valence-corrected chi connectivity index (χ2v) is 6.72. The summed E-state index contributed by atoms with van der Waals surface area (Å²) in [5, 5.41) is 3.42. The van der Waals surface area contributed by atoms with Crippen LogP contribution in [0, 0.1) is 0 Å². The van der Waals surface area contributed by atoms with Crippen LogP contribution in [0.15, 0.2) is 60.9 Å². The lowest BCUT2D eigenvalue weighted by Gasteiger charge is -2.31. The molecule has 1 atom stereocenters. The summed E-state index contributed by atoms with van der Waals surface area (Å²) in [6, 6.07) is 16.4. The number of piperidine rings is 1. The Balaban J connectivity index is 1.74. The summed E-state index contributed by atoms with van der Waals surface area (Å²) in [4.78, 5) is 16.3. The van der Waals surface area contributed by atoms with E-state index in [2.05, 4.69) is 22.2 Å². The van der Waals surface area contributed by atoms with Crippen molar-refractivity contribution in [1.29, 1.82) is 0 Å². The smallest absolute Gasteiger partial charge is 0.148 e. The normalized spacial score (nSPS) is 17.8. The largest absolute Gasteiger partial charge is 0.340 e. The van der Waals surface area contributed by atoms with Crippen LogP contribution in [0.1, 0.15) is 31.1 Å². The lowest BCUT2D eigenvalue weighted by atomic mass is 10.0. The van der Waals surface area contributed by atoms with Crippen LogP contribution in [-0.2, 0) is 0 Å². The summed E-state index contributed by atoms with van der Waals surface area (Å²) >= 11 is 0. The molecule has 3 aromatic rings. The van der Waals surface area contributed by atoms with Crippen molar-refractivity contribution >= 4 is 11.5 Å². The first-order chi connectivity index (χ1) is 12.8. The first-order valence-corrected chi connectivity index (χ1v) is 9.11. The zero-order chi connectivity index (χ0) is 17.8. The highest BCUT2D eigenvalue weighted by atomic mass is 15.2. The predicted octanol–water partition coefficient (Wildman–Crippen LogP) is 4.44. The van der Waals surface area contributed by atoms with Crippen molar-refractivity contribution in [2.24, 2.45) is 0 Å². The van der Waals surface area contributed by atoms with E-state index in [0.29, 0.717) is 0 Å². The van der Waals surface area contributed by atoms with E-state index in [9.17, 15) is 0 Å². The number of para-hydroxylation sites is 1. The van der Waals surface area contributed by atoms with Gasteiger partial charge in [0.25, 0.3) is 0 Å². The van der Waals surface area contributed by atoms with E-state index < -0.39 is 0 Å². The fourth-order valence-electron chi connectivity index (χ4n) is 3.41. The van der Waals surface area contributed by atoms with Crippen molar-refractivity contribution in [3.05, 3.63) is 66.7 Å². The van der Waals surface area contributed by atoms with Crippen LogP contribution in [0.4, 0.5) is 11.5 Å². The lowest BCUT2D eigenvalue weighted by molar-refractivity contribution is 0.179. The summed E-state index contributed by atoms with van der Waals surface area (Å²) in [5.74, 6) is 1.70. The van der Waals surface area contributed by atoms with Crippen LogP contribution < -0.4 is 5.32 Å². The van der Waals surface area contributed by atoms with Gasteiger partial charge in [-0.05, 0) is 50.7 Å². The van der Waals surface area contributed by atoms with E-state index in [1.165, 1.54) is 12.8 Å². The molecule has 0 unspecified atom stereocenters. The third-order valence-corrected chi connectivity index (χ3v) is 4.82. The van der Waals surface area contributed by atoms with Crippen molar-refractivity contribution in [2.45, 2.75) is 25.3 Å². The molecule has 4 rings (SSSR count). The zero-order valence-electron chi connectivity index (χ0n) is 15.0. The highest BCUT2D eigenvalue weighted by Crippen LogP contribution is 2.30. The first kappa shape index (κ1) is 16.7. The van der Waals surface area contributed by atoms with E-state index in [1.54, 1.807) is 6.20 Å². The van der Waals surface area contributed by atoms with E-state index >= 15 is 0 Å². The minimum absolute atomic E-state index is 0.261. The number of hydrogen-bond acceptors (Lipinski definition) is 5. The molecule has 2 aromatic heterocycles. The number of pyridine rings is 1. The third-order valence-electron chi connectivity index (χ3n) is 4.82. The average molecular weight is 345 g/mol. The molecule has 5 nitrogen and oxygen atoms in total. The Morgan fingerprint density at radius 2 is 1.92 bits per heavy atom. The molecular formula is C21H23N5. The van der Waals surface area contributed by atoms with Gasteiger partial charge < -0.3 is 5.32 Å². The van der Waals surface area contributed by atoms with Crippen molar-refractivity contribution in [2.75, 3.05) is 18.9 Å². The van der Waals surface area contributed by atoms with Crippen molar-refractivity contribution in [3.63, 3.8) is 0 Å². The van der Waals surface area contributed by atoms with Gasteiger partial charge in [-0.15, -0.1) is 0 Å². The van der Waals surface area contributed by atoms with Gasteiger partial charge >= 0.3 is 0 Å². The second-order valence-electron chi connectivity index (χ2n) is 6.72. The Morgan fingerprint density at radius 3 is 2.69 bits per heavy atom. The van der Waals surface area contributed by atoms with E-state index in [1.807, 2.05) is 54.7 Å². The Morgan fingerprint density at radius 1 is 1.04 bits per heavy atom. The van der Waals surface area contributed by atoms with Gasteiger partial charge in [-0.25, -0.2) is 9.97 Å². The fraction of sp³-hybridized carbons (Fsp3) is 0.286. The lowest BCUT2D eigenvalue weighted by Crippen LogP contribution is -2.31. The summed E-state index contributed by atoms with van der Waals surface area (Å²) in [6.45, 7) is 1.09. The number of anilines is 2. The molecule has 0 bridgehead atoms. The molecule has 3 heterocycles. The maximum absolute atomic E-state index is 4.89. The molecule has 5 heteroatoms. The van der Waals surface area contributed by atoms with Crippen molar-refractivity contribution < 1.29 is 0 Å². The molecule has 0 amide bonds. The summed E-state index contributed by atoms with van der Waals surface area (Å²) in [7, 11) is 2.16. The number of benzene rings is 1. The van der Waals surface area contributed by atoms with Gasteiger partial charge in [0.2, 0.25) is 0 Å². The highest BCUT2D eigenvalue weighted by Gasteiger charge is 2.24. The quantitative estimate of drug-likeness (QED) is 0.757. The van der Waals surface area contributed by atoms with Crippen LogP contribution in [0.3, 0.4) is 0 Å². The molecule has 1 saturated heterocycles. The van der Waals surface area contributed by atoms with E-state index in [4.69, 9.17) is 9.97 Å². The number of nitrogens with one attached hydrogen (secondary N) is 1. The van der Waals surface area contributed by atoms with Gasteiger partial charge in [-0.2, -0.15) is 0 Å². The van der Waals surface area contributed by atoms with Crippen LogP contribution in [0.5, 0.6) is 0 Å². The molecule has 0 radical (unpaired) electrons. The molecule has 132 valence electrons. The minimum atomic E-state index is 0.261. The second kappa shape index (κ2) is 7.62. The Labute approximate surface area is 154 Å². The number of aromatic nitrogens is 3. The molecular weight excluding hydrogens is 322 g/mol. The van der Waals surface area contributed by atoms with Crippen LogP contribution >= 0.6 is 0 Å². The molecule has 1 fully saturated rings. The summed E-state index contributed by atoms with van der Waals surface area (Å²) < 4.78 is 0. The maximum atomic E-state index is 4.89. The summed E-state index contributed by atoms with van der Waals surface area (Å²) in [6.07, 6.45) is 7.19. The average Bonchev–Trinajstić information content (AvgIpc) is 2.69. The van der Waals surface area contributed by atoms with Gasteiger partial charge in [0, 0.05) is 29.7 Å². The molecule has 0 spiro atoms. The van der Waals surface area contributed by atoms with Crippen LogP contribution in [0.2, 0.25) is 0 Å². The van der Waals surface area contributed by atoms with Crippen molar-refractivity contribution in [1.82, 2.24) is 19.9 Å². The van der Waals surface area contributed by atoms with Gasteiger partial charge in [-0.1, -0.05) is 24.6 Å². The molecule has 1 aliphatic rings. The van der Waals surface area contributed by atoms with Gasteiger partial charge in [-0.3, -0.25) is 9.88 Å². The summed E-state index contributed by atoms with van der Waals surface area (Å²) in [5.41, 5.74) is 2.93. The van der Waals surface area contributed by atoms with E-state index in [0.717, 1.165) is 41.6 Å². The minimum Gasteiger partial charge on any atom is -0.340 e. The monoisotopic (exact) mass is 345 g/mol. The van der Waals surface area contributed by atoms with Crippen LogP contribution in [0.25, 0.3) is 11.3 Å². The number of nitrogens with zero attached hydrogens (tertiary/aromatic N) is 4. The van der Waals surface area contributed by atoms with E-state index in [-0.39, 0.29) is 6.04 Å². The maximum Gasteiger partial charge on any atom is 0.148 e. The molecule has 26 heavy (non-hydrogen) atoms. The van der Waals surface area contributed by atoms with Crippen LogP contribution in [-0.4, -0.2) is 33.4 Å². The predicted molar refractivity (Wildman–Crippen MR) is 104 cm³/mol. The standard InChI is InChI=1S/C21H23N5/c1-26-13-6-5-11-19(26)21-24-18(16-8-7-12-22-15-16)14-20(25-21)23-17-9-3-2-4-10-17/h2-4,7-10,12,14-15,19H,5-6,11,13H2,1H3,(H,23,24,25)/t19-/m0/s1. The number of likely N-dealkylation sites (tertiary alicyclic amines) is 1. The zero-order valence-corrected chi connectivity index (χ0v) is 15.0. The van der Waals surface area contributed by atoms with Gasteiger partial charge in [0.1, 0.15) is 11.6 Å². The van der Waals surface area contributed by atoms with Gasteiger partial charge in [0.05, 0.1) is 11.7 Å². The molecule has 1 aromatic carbocycles. The molecule has 1 N–H and O–H groups in total. The Bertz CT molecular complexity index is 851.